The first-order valence-electron chi connectivity index (χ1n) is 8.03. The SMILES string of the molecule is COC(=O)CCCC(=O)C=CC=CC=CC(=O)COc1ccc(F)cc1. The smallest absolute Gasteiger partial charge is 0.305 e. The third kappa shape index (κ3) is 9.97. The summed E-state index contributed by atoms with van der Waals surface area (Å²) in [5.74, 6) is -0.630. The maximum atomic E-state index is 12.7. The summed E-state index contributed by atoms with van der Waals surface area (Å²) >= 11 is 0. The van der Waals surface area contributed by atoms with Gasteiger partial charge in [-0.25, -0.2) is 4.39 Å². The summed E-state index contributed by atoms with van der Waals surface area (Å²) in [5, 5.41) is 0. The maximum Gasteiger partial charge on any atom is 0.305 e. The summed E-state index contributed by atoms with van der Waals surface area (Å²) in [7, 11) is 1.31. The molecule has 0 saturated carbocycles. The van der Waals surface area contributed by atoms with E-state index in [1.54, 1.807) is 18.2 Å². The highest BCUT2D eigenvalue weighted by molar-refractivity contribution is 5.91. The van der Waals surface area contributed by atoms with E-state index in [4.69, 9.17) is 4.74 Å². The van der Waals surface area contributed by atoms with Crippen molar-refractivity contribution in [3.8, 4) is 5.75 Å². The number of allylic oxidation sites excluding steroid dienone is 5. The van der Waals surface area contributed by atoms with Gasteiger partial charge in [-0.05, 0) is 42.8 Å². The van der Waals surface area contributed by atoms with Gasteiger partial charge in [-0.3, -0.25) is 14.4 Å². The van der Waals surface area contributed by atoms with E-state index < -0.39 is 0 Å². The Kier molecular flexibility index (Phi) is 9.99. The molecule has 138 valence electrons. The van der Waals surface area contributed by atoms with E-state index in [0.29, 0.717) is 12.2 Å². The number of esters is 1. The van der Waals surface area contributed by atoms with Gasteiger partial charge in [-0.1, -0.05) is 24.3 Å². The zero-order valence-corrected chi connectivity index (χ0v) is 14.5. The number of rotatable bonds is 11. The quantitative estimate of drug-likeness (QED) is 0.344. The van der Waals surface area contributed by atoms with Crippen molar-refractivity contribution in [3.05, 3.63) is 66.5 Å². The predicted octanol–water partition coefficient (Wildman–Crippen LogP) is 3.35. The molecule has 0 unspecified atom stereocenters. The van der Waals surface area contributed by atoms with Crippen LogP contribution >= 0.6 is 0 Å². The number of ketones is 2. The fourth-order valence-electron chi connectivity index (χ4n) is 1.78. The molecule has 0 heterocycles. The van der Waals surface area contributed by atoms with Crippen LogP contribution in [0.25, 0.3) is 0 Å². The van der Waals surface area contributed by atoms with Gasteiger partial charge in [-0.2, -0.15) is 0 Å². The van der Waals surface area contributed by atoms with Crippen molar-refractivity contribution >= 4 is 17.5 Å². The van der Waals surface area contributed by atoms with E-state index in [1.165, 1.54) is 49.6 Å². The van der Waals surface area contributed by atoms with Crippen LogP contribution in [-0.2, 0) is 19.1 Å². The predicted molar refractivity (Wildman–Crippen MR) is 95.2 cm³/mol. The lowest BCUT2D eigenvalue weighted by atomic mass is 10.1. The maximum absolute atomic E-state index is 12.7. The standard InChI is InChI=1S/C20H21FO5/c1-25-20(24)10-6-9-17(22)7-4-2-3-5-8-18(23)15-26-19-13-11-16(21)12-14-19/h2-5,7-8,11-14H,6,9-10,15H2,1H3. The molecule has 0 aliphatic heterocycles. The Labute approximate surface area is 151 Å². The Morgan fingerprint density at radius 1 is 0.923 bits per heavy atom. The molecular formula is C20H21FO5. The molecule has 0 spiro atoms. The molecule has 1 rings (SSSR count). The van der Waals surface area contributed by atoms with Gasteiger partial charge in [0.25, 0.3) is 0 Å². The van der Waals surface area contributed by atoms with E-state index >= 15 is 0 Å². The third-order valence-corrected chi connectivity index (χ3v) is 3.12. The van der Waals surface area contributed by atoms with Gasteiger partial charge in [0, 0.05) is 12.8 Å². The van der Waals surface area contributed by atoms with Crippen molar-refractivity contribution in [2.75, 3.05) is 13.7 Å². The van der Waals surface area contributed by atoms with Gasteiger partial charge in [0.15, 0.2) is 18.2 Å². The van der Waals surface area contributed by atoms with Gasteiger partial charge < -0.3 is 9.47 Å². The first-order chi connectivity index (χ1) is 12.5. The Morgan fingerprint density at radius 2 is 1.54 bits per heavy atom. The first-order valence-corrected chi connectivity index (χ1v) is 8.03. The molecule has 0 bridgehead atoms. The highest BCUT2D eigenvalue weighted by Crippen LogP contribution is 2.10. The van der Waals surface area contributed by atoms with Crippen LogP contribution in [0.1, 0.15) is 19.3 Å². The Morgan fingerprint density at radius 3 is 2.15 bits per heavy atom. The lowest BCUT2D eigenvalue weighted by Crippen LogP contribution is -2.07. The molecule has 0 aromatic heterocycles. The largest absolute Gasteiger partial charge is 0.485 e. The third-order valence-electron chi connectivity index (χ3n) is 3.12. The van der Waals surface area contributed by atoms with Crippen LogP contribution in [-0.4, -0.2) is 31.3 Å². The van der Waals surface area contributed by atoms with Gasteiger partial charge in [0.05, 0.1) is 7.11 Å². The molecule has 0 aliphatic carbocycles. The molecule has 5 nitrogen and oxygen atoms in total. The lowest BCUT2D eigenvalue weighted by molar-refractivity contribution is -0.140. The summed E-state index contributed by atoms with van der Waals surface area (Å²) in [5.41, 5.74) is 0. The van der Waals surface area contributed by atoms with Crippen molar-refractivity contribution in [3.63, 3.8) is 0 Å². The number of hydrogen-bond acceptors (Lipinski definition) is 5. The summed E-state index contributed by atoms with van der Waals surface area (Å²) in [6.07, 6.45) is 9.99. The van der Waals surface area contributed by atoms with Crippen LogP contribution in [0.2, 0.25) is 0 Å². The van der Waals surface area contributed by atoms with Crippen LogP contribution in [0.5, 0.6) is 5.75 Å². The average molecular weight is 360 g/mol. The lowest BCUT2D eigenvalue weighted by Gasteiger charge is -2.02. The fraction of sp³-hybridized carbons (Fsp3) is 0.250. The number of benzene rings is 1. The number of methoxy groups -OCH3 is 1. The van der Waals surface area contributed by atoms with Gasteiger partial charge in [-0.15, -0.1) is 0 Å². The van der Waals surface area contributed by atoms with Crippen LogP contribution in [0, 0.1) is 5.82 Å². The summed E-state index contributed by atoms with van der Waals surface area (Å²) in [6.45, 7) is -0.148. The van der Waals surface area contributed by atoms with Crippen LogP contribution < -0.4 is 4.74 Å². The van der Waals surface area contributed by atoms with Crippen molar-refractivity contribution in [2.45, 2.75) is 19.3 Å². The number of carbonyl (C=O) groups is 3. The molecule has 0 N–H and O–H groups in total. The Balaban J connectivity index is 2.22. The molecule has 0 aliphatic rings. The van der Waals surface area contributed by atoms with Crippen molar-refractivity contribution in [2.24, 2.45) is 0 Å². The first kappa shape index (κ1) is 21.0. The molecule has 0 radical (unpaired) electrons. The molecule has 0 atom stereocenters. The zero-order valence-electron chi connectivity index (χ0n) is 14.5. The van der Waals surface area contributed by atoms with Crippen LogP contribution in [0.3, 0.4) is 0 Å². The molecule has 0 saturated heterocycles. The minimum Gasteiger partial charge on any atom is -0.485 e. The Bertz CT molecular complexity index is 687. The molecular weight excluding hydrogens is 339 g/mol. The topological polar surface area (TPSA) is 69.7 Å². The van der Waals surface area contributed by atoms with Gasteiger partial charge in [0.1, 0.15) is 11.6 Å². The van der Waals surface area contributed by atoms with Crippen molar-refractivity contribution < 1.29 is 28.2 Å². The number of halogens is 1. The minimum atomic E-state index is -0.372. The second kappa shape index (κ2) is 12.4. The molecule has 1 aromatic rings. The number of ether oxygens (including phenoxy) is 2. The van der Waals surface area contributed by atoms with Crippen molar-refractivity contribution in [1.29, 1.82) is 0 Å². The minimum absolute atomic E-state index is 0.0914. The summed E-state index contributed by atoms with van der Waals surface area (Å²) in [6, 6.07) is 5.39. The molecule has 26 heavy (non-hydrogen) atoms. The number of hydrogen-bond donors (Lipinski definition) is 0. The van der Waals surface area contributed by atoms with E-state index in [2.05, 4.69) is 4.74 Å². The van der Waals surface area contributed by atoms with E-state index in [9.17, 15) is 18.8 Å². The zero-order chi connectivity index (χ0) is 19.2. The number of carbonyl (C=O) groups excluding carboxylic acids is 3. The second-order valence-corrected chi connectivity index (χ2v) is 5.21. The van der Waals surface area contributed by atoms with E-state index in [1.807, 2.05) is 0 Å². The average Bonchev–Trinajstić information content (AvgIpc) is 2.63. The summed E-state index contributed by atoms with van der Waals surface area (Å²) in [4.78, 5) is 34.0. The van der Waals surface area contributed by atoms with Crippen LogP contribution in [0.4, 0.5) is 4.39 Å². The van der Waals surface area contributed by atoms with E-state index in [-0.39, 0.29) is 42.8 Å². The van der Waals surface area contributed by atoms with E-state index in [0.717, 1.165) is 0 Å². The molecule has 0 fully saturated rings. The van der Waals surface area contributed by atoms with Gasteiger partial charge >= 0.3 is 5.97 Å². The Hall–Kier alpha value is -3.02. The second-order valence-electron chi connectivity index (χ2n) is 5.21. The fourth-order valence-corrected chi connectivity index (χ4v) is 1.78. The highest BCUT2D eigenvalue weighted by Gasteiger charge is 2.02. The molecule has 0 amide bonds. The molecule has 6 heteroatoms. The highest BCUT2D eigenvalue weighted by atomic mass is 19.1. The normalized spacial score (nSPS) is 11.3. The van der Waals surface area contributed by atoms with Crippen molar-refractivity contribution in [1.82, 2.24) is 0 Å². The monoisotopic (exact) mass is 360 g/mol. The van der Waals surface area contributed by atoms with Crippen LogP contribution in [0.15, 0.2) is 60.7 Å². The summed E-state index contributed by atoms with van der Waals surface area (Å²) < 4.78 is 22.4. The molecule has 1 aromatic carbocycles. The van der Waals surface area contributed by atoms with Gasteiger partial charge in [0.2, 0.25) is 0 Å².